The number of hydrogen-bond acceptors (Lipinski definition) is 3. The monoisotopic (exact) mass is 371 g/mol. The summed E-state index contributed by atoms with van der Waals surface area (Å²) in [6.07, 6.45) is 0. The smallest absolute Gasteiger partial charge is 0.337 e. The zero-order valence-corrected chi connectivity index (χ0v) is 13.5. The number of carbonyl (C=O) groups is 1. The second-order valence-electron chi connectivity index (χ2n) is 4.28. The van der Waals surface area contributed by atoms with Gasteiger partial charge >= 0.3 is 5.97 Å². The van der Waals surface area contributed by atoms with Crippen molar-refractivity contribution in [1.29, 1.82) is 0 Å². The van der Waals surface area contributed by atoms with Crippen LogP contribution in [0, 0.1) is 5.82 Å². The highest BCUT2D eigenvalue weighted by Gasteiger charge is 2.09. The third-order valence-electron chi connectivity index (χ3n) is 2.87. The number of nitrogens with one attached hydrogen (secondary N) is 1. The summed E-state index contributed by atoms with van der Waals surface area (Å²) in [7, 11) is 1.34. The van der Waals surface area contributed by atoms with Crippen molar-refractivity contribution in [3.8, 4) is 0 Å². The molecule has 21 heavy (non-hydrogen) atoms. The fourth-order valence-electron chi connectivity index (χ4n) is 1.76. The molecule has 0 aliphatic carbocycles. The highest BCUT2D eigenvalue weighted by Crippen LogP contribution is 2.25. The van der Waals surface area contributed by atoms with E-state index in [1.807, 2.05) is 0 Å². The largest absolute Gasteiger partial charge is 0.465 e. The standard InChI is InChI=1S/C15H12BrClFNO2/c1-21-15(20)9-2-3-10(12(16)6-9)8-19-14-5-4-11(18)7-13(14)17/h2-7,19H,8H2,1H3. The molecule has 0 aliphatic rings. The van der Waals surface area contributed by atoms with Gasteiger partial charge in [-0.3, -0.25) is 0 Å². The number of halogens is 3. The maximum atomic E-state index is 13.0. The lowest BCUT2D eigenvalue weighted by atomic mass is 10.1. The first-order valence-electron chi connectivity index (χ1n) is 6.07. The van der Waals surface area contributed by atoms with Crippen LogP contribution in [0.5, 0.6) is 0 Å². The van der Waals surface area contributed by atoms with Crippen LogP contribution in [0.2, 0.25) is 5.02 Å². The van der Waals surface area contributed by atoms with Gasteiger partial charge in [-0.2, -0.15) is 0 Å². The summed E-state index contributed by atoms with van der Waals surface area (Å²) in [6, 6.07) is 9.34. The molecule has 0 amide bonds. The van der Waals surface area contributed by atoms with E-state index < -0.39 is 5.97 Å². The van der Waals surface area contributed by atoms with Crippen molar-refractivity contribution >= 4 is 39.2 Å². The molecule has 0 aromatic heterocycles. The zero-order chi connectivity index (χ0) is 15.4. The summed E-state index contributed by atoms with van der Waals surface area (Å²) >= 11 is 9.35. The van der Waals surface area contributed by atoms with Gasteiger partial charge in [0.25, 0.3) is 0 Å². The average molecular weight is 373 g/mol. The molecule has 2 rings (SSSR count). The van der Waals surface area contributed by atoms with Crippen molar-refractivity contribution in [2.24, 2.45) is 0 Å². The molecule has 3 nitrogen and oxygen atoms in total. The summed E-state index contributed by atoms with van der Waals surface area (Å²) in [4.78, 5) is 11.4. The van der Waals surface area contributed by atoms with Crippen LogP contribution in [-0.4, -0.2) is 13.1 Å². The molecule has 0 aliphatic heterocycles. The first-order chi connectivity index (χ1) is 10.0. The van der Waals surface area contributed by atoms with E-state index in [9.17, 15) is 9.18 Å². The second kappa shape index (κ2) is 6.91. The van der Waals surface area contributed by atoms with Gasteiger partial charge in [-0.1, -0.05) is 33.6 Å². The van der Waals surface area contributed by atoms with Gasteiger partial charge in [0.2, 0.25) is 0 Å². The minimum Gasteiger partial charge on any atom is -0.465 e. The molecule has 0 atom stereocenters. The van der Waals surface area contributed by atoms with Crippen LogP contribution < -0.4 is 5.32 Å². The van der Waals surface area contributed by atoms with E-state index in [4.69, 9.17) is 11.6 Å². The topological polar surface area (TPSA) is 38.3 Å². The molecular weight excluding hydrogens is 361 g/mol. The van der Waals surface area contributed by atoms with Crippen molar-refractivity contribution in [3.05, 3.63) is 62.8 Å². The Bertz CT molecular complexity index is 679. The van der Waals surface area contributed by atoms with E-state index in [0.717, 1.165) is 10.0 Å². The summed E-state index contributed by atoms with van der Waals surface area (Å²) < 4.78 is 18.4. The first kappa shape index (κ1) is 15.8. The summed E-state index contributed by atoms with van der Waals surface area (Å²) in [5.41, 5.74) is 2.04. The third-order valence-corrected chi connectivity index (χ3v) is 3.93. The Balaban J connectivity index is 2.11. The van der Waals surface area contributed by atoms with Crippen molar-refractivity contribution in [1.82, 2.24) is 0 Å². The van der Waals surface area contributed by atoms with Gasteiger partial charge in [-0.15, -0.1) is 0 Å². The molecule has 6 heteroatoms. The van der Waals surface area contributed by atoms with E-state index in [2.05, 4.69) is 26.0 Å². The lowest BCUT2D eigenvalue weighted by Crippen LogP contribution is -2.04. The van der Waals surface area contributed by atoms with Crippen LogP contribution in [-0.2, 0) is 11.3 Å². The minimum atomic E-state index is -0.392. The molecule has 110 valence electrons. The van der Waals surface area contributed by atoms with Gasteiger partial charge < -0.3 is 10.1 Å². The van der Waals surface area contributed by atoms with Crippen LogP contribution in [0.25, 0.3) is 0 Å². The molecule has 1 N–H and O–H groups in total. The van der Waals surface area contributed by atoms with Gasteiger partial charge in [0.15, 0.2) is 0 Å². The van der Waals surface area contributed by atoms with E-state index in [1.54, 1.807) is 24.3 Å². The number of anilines is 1. The number of esters is 1. The molecule has 0 saturated carbocycles. The molecule has 0 spiro atoms. The maximum absolute atomic E-state index is 13.0. The van der Waals surface area contributed by atoms with Crippen LogP contribution in [0.1, 0.15) is 15.9 Å². The van der Waals surface area contributed by atoms with Crippen molar-refractivity contribution in [2.45, 2.75) is 6.54 Å². The van der Waals surface area contributed by atoms with Gasteiger partial charge in [0.1, 0.15) is 5.82 Å². The number of methoxy groups -OCH3 is 1. The van der Waals surface area contributed by atoms with Crippen LogP contribution >= 0.6 is 27.5 Å². The van der Waals surface area contributed by atoms with Gasteiger partial charge in [0.05, 0.1) is 23.4 Å². The fourth-order valence-corrected chi connectivity index (χ4v) is 2.51. The Kier molecular flexibility index (Phi) is 5.20. The van der Waals surface area contributed by atoms with E-state index in [0.29, 0.717) is 22.8 Å². The lowest BCUT2D eigenvalue weighted by molar-refractivity contribution is 0.0600. The molecular formula is C15H12BrClFNO2. The summed E-state index contributed by atoms with van der Waals surface area (Å²) in [5.74, 6) is -0.772. The Morgan fingerprint density at radius 3 is 2.71 bits per heavy atom. The van der Waals surface area contributed by atoms with Crippen LogP contribution in [0.4, 0.5) is 10.1 Å². The molecule has 0 fully saturated rings. The van der Waals surface area contributed by atoms with E-state index in [1.165, 1.54) is 19.2 Å². The quantitative estimate of drug-likeness (QED) is 0.795. The van der Waals surface area contributed by atoms with Gasteiger partial charge in [-0.05, 0) is 35.9 Å². The number of hydrogen-bond donors (Lipinski definition) is 1. The number of ether oxygens (including phenoxy) is 1. The highest BCUT2D eigenvalue weighted by molar-refractivity contribution is 9.10. The Hall–Kier alpha value is -1.59. The van der Waals surface area contributed by atoms with Crippen LogP contribution in [0.15, 0.2) is 40.9 Å². The summed E-state index contributed by atoms with van der Waals surface area (Å²) in [6.45, 7) is 0.480. The molecule has 0 radical (unpaired) electrons. The molecule has 0 bridgehead atoms. The predicted molar refractivity (Wildman–Crippen MR) is 84.2 cm³/mol. The Morgan fingerprint density at radius 2 is 2.10 bits per heavy atom. The third kappa shape index (κ3) is 3.95. The van der Waals surface area contributed by atoms with Gasteiger partial charge in [0, 0.05) is 11.0 Å². The molecule has 0 saturated heterocycles. The molecule has 0 heterocycles. The normalized spacial score (nSPS) is 10.3. The fraction of sp³-hybridized carbons (Fsp3) is 0.133. The van der Waals surface area contributed by atoms with Crippen LogP contribution in [0.3, 0.4) is 0 Å². The second-order valence-corrected chi connectivity index (χ2v) is 5.54. The number of benzene rings is 2. The highest BCUT2D eigenvalue weighted by atomic mass is 79.9. The minimum absolute atomic E-state index is 0.317. The van der Waals surface area contributed by atoms with Crippen molar-refractivity contribution < 1.29 is 13.9 Å². The van der Waals surface area contributed by atoms with E-state index in [-0.39, 0.29) is 5.82 Å². The maximum Gasteiger partial charge on any atom is 0.337 e. The van der Waals surface area contributed by atoms with E-state index >= 15 is 0 Å². The zero-order valence-electron chi connectivity index (χ0n) is 11.1. The molecule has 0 unspecified atom stereocenters. The summed E-state index contributed by atoms with van der Waals surface area (Å²) in [5, 5.41) is 3.43. The molecule has 2 aromatic carbocycles. The lowest BCUT2D eigenvalue weighted by Gasteiger charge is -2.10. The first-order valence-corrected chi connectivity index (χ1v) is 7.24. The Labute approximate surface area is 135 Å². The average Bonchev–Trinajstić information content (AvgIpc) is 2.46. The van der Waals surface area contributed by atoms with Gasteiger partial charge in [-0.25, -0.2) is 9.18 Å². The number of rotatable bonds is 4. The van der Waals surface area contributed by atoms with Crippen molar-refractivity contribution in [3.63, 3.8) is 0 Å². The van der Waals surface area contributed by atoms with Crippen molar-refractivity contribution in [2.75, 3.05) is 12.4 Å². The number of carbonyl (C=O) groups excluding carboxylic acids is 1. The Morgan fingerprint density at radius 1 is 1.33 bits per heavy atom. The predicted octanol–water partition coefficient (Wildman–Crippen LogP) is 4.64. The molecule has 2 aromatic rings. The SMILES string of the molecule is COC(=O)c1ccc(CNc2ccc(F)cc2Cl)c(Br)c1.